The first kappa shape index (κ1) is 12.9. The van der Waals surface area contributed by atoms with Crippen molar-refractivity contribution in [3.8, 4) is 0 Å². The molecule has 2 nitrogen and oxygen atoms in total. The van der Waals surface area contributed by atoms with E-state index in [2.05, 4.69) is 20.8 Å². The second kappa shape index (κ2) is 4.79. The lowest BCUT2D eigenvalue weighted by atomic mass is 9.82. The van der Waals surface area contributed by atoms with Crippen LogP contribution in [0.5, 0.6) is 0 Å². The molecule has 0 spiro atoms. The standard InChI is InChI=1S/C16H28O2/c1-11(2)8-16(3)9-17-15(18-10-16)14-7-12-4-5-13(14)6-12/h11-15H,4-10H2,1-3H3/t12-,13+,14?,15?,16?/m1/s1. The van der Waals surface area contributed by atoms with Gasteiger partial charge in [0.15, 0.2) is 6.29 Å². The van der Waals surface area contributed by atoms with E-state index >= 15 is 0 Å². The molecule has 1 heterocycles. The SMILES string of the molecule is CC(C)CC1(C)COC(C2C[C@@H]3CC[C@H]2C3)OC1. The molecule has 104 valence electrons. The van der Waals surface area contributed by atoms with Crippen LogP contribution in [0.4, 0.5) is 0 Å². The Labute approximate surface area is 111 Å². The quantitative estimate of drug-likeness (QED) is 0.759. The van der Waals surface area contributed by atoms with Gasteiger partial charge in [0.05, 0.1) is 13.2 Å². The van der Waals surface area contributed by atoms with Gasteiger partial charge < -0.3 is 9.47 Å². The minimum atomic E-state index is 0.112. The Bertz CT molecular complexity index is 291. The fourth-order valence-corrected chi connectivity index (χ4v) is 4.63. The third-order valence-electron chi connectivity index (χ3n) is 5.24. The zero-order valence-corrected chi connectivity index (χ0v) is 12.2. The van der Waals surface area contributed by atoms with E-state index in [1.807, 2.05) is 0 Å². The van der Waals surface area contributed by atoms with E-state index in [1.165, 1.54) is 32.1 Å². The van der Waals surface area contributed by atoms with Crippen molar-refractivity contribution in [1.82, 2.24) is 0 Å². The van der Waals surface area contributed by atoms with Crippen LogP contribution in [0, 0.1) is 29.1 Å². The molecule has 3 rings (SSSR count). The van der Waals surface area contributed by atoms with Crippen LogP contribution in [0.2, 0.25) is 0 Å². The maximum atomic E-state index is 6.11. The number of ether oxygens (including phenoxy) is 2. The molecule has 3 atom stereocenters. The monoisotopic (exact) mass is 252 g/mol. The summed E-state index contributed by atoms with van der Waals surface area (Å²) in [5.41, 5.74) is 0.238. The van der Waals surface area contributed by atoms with E-state index in [4.69, 9.17) is 9.47 Å². The van der Waals surface area contributed by atoms with Crippen molar-refractivity contribution in [2.75, 3.05) is 13.2 Å². The number of rotatable bonds is 3. The minimum Gasteiger partial charge on any atom is -0.352 e. The average Bonchev–Trinajstić information content (AvgIpc) is 2.90. The van der Waals surface area contributed by atoms with Gasteiger partial charge in [-0.2, -0.15) is 0 Å². The van der Waals surface area contributed by atoms with Gasteiger partial charge in [-0.25, -0.2) is 0 Å². The highest BCUT2D eigenvalue weighted by molar-refractivity contribution is 4.92. The van der Waals surface area contributed by atoms with Crippen molar-refractivity contribution in [2.45, 2.75) is 59.2 Å². The molecule has 18 heavy (non-hydrogen) atoms. The van der Waals surface area contributed by atoms with E-state index in [0.29, 0.717) is 5.92 Å². The maximum Gasteiger partial charge on any atom is 0.160 e. The van der Waals surface area contributed by atoms with Crippen LogP contribution in [0.1, 0.15) is 52.9 Å². The molecule has 0 aromatic heterocycles. The summed E-state index contributed by atoms with van der Waals surface area (Å²) >= 11 is 0. The Balaban J connectivity index is 1.54. The van der Waals surface area contributed by atoms with Gasteiger partial charge in [0, 0.05) is 11.3 Å². The van der Waals surface area contributed by atoms with Crippen LogP contribution in [0.3, 0.4) is 0 Å². The molecule has 0 N–H and O–H groups in total. The van der Waals surface area contributed by atoms with Gasteiger partial charge in [-0.15, -0.1) is 0 Å². The third-order valence-corrected chi connectivity index (χ3v) is 5.24. The zero-order valence-electron chi connectivity index (χ0n) is 12.2. The first-order chi connectivity index (χ1) is 8.56. The molecule has 2 aliphatic carbocycles. The molecule has 2 bridgehead atoms. The first-order valence-electron chi connectivity index (χ1n) is 7.79. The molecular weight excluding hydrogens is 224 g/mol. The van der Waals surface area contributed by atoms with E-state index < -0.39 is 0 Å². The summed E-state index contributed by atoms with van der Waals surface area (Å²) < 4.78 is 12.2. The van der Waals surface area contributed by atoms with E-state index in [9.17, 15) is 0 Å². The van der Waals surface area contributed by atoms with E-state index in [1.54, 1.807) is 0 Å². The van der Waals surface area contributed by atoms with Gasteiger partial charge in [-0.3, -0.25) is 0 Å². The van der Waals surface area contributed by atoms with Crippen LogP contribution in [0.25, 0.3) is 0 Å². The summed E-state index contributed by atoms with van der Waals surface area (Å²) in [7, 11) is 0. The lowest BCUT2D eigenvalue weighted by molar-refractivity contribution is -0.255. The largest absolute Gasteiger partial charge is 0.352 e. The molecule has 3 fully saturated rings. The summed E-state index contributed by atoms with van der Waals surface area (Å²) in [6.45, 7) is 8.66. The second-order valence-electron chi connectivity index (χ2n) is 7.74. The molecular formula is C16H28O2. The van der Waals surface area contributed by atoms with Gasteiger partial charge in [-0.05, 0) is 43.4 Å². The second-order valence-corrected chi connectivity index (χ2v) is 7.74. The van der Waals surface area contributed by atoms with Crippen LogP contribution >= 0.6 is 0 Å². The number of hydrogen-bond acceptors (Lipinski definition) is 2. The Morgan fingerprint density at radius 1 is 1.11 bits per heavy atom. The summed E-state index contributed by atoms with van der Waals surface area (Å²) in [6, 6.07) is 0. The fourth-order valence-electron chi connectivity index (χ4n) is 4.63. The molecule has 2 saturated carbocycles. The molecule has 1 unspecified atom stereocenters. The summed E-state index contributed by atoms with van der Waals surface area (Å²) in [5.74, 6) is 3.30. The van der Waals surface area contributed by atoms with Crippen LogP contribution < -0.4 is 0 Å². The third kappa shape index (κ3) is 2.46. The van der Waals surface area contributed by atoms with E-state index in [0.717, 1.165) is 31.0 Å². The van der Waals surface area contributed by atoms with Gasteiger partial charge >= 0.3 is 0 Å². The fraction of sp³-hybridized carbons (Fsp3) is 1.00. The van der Waals surface area contributed by atoms with Crippen LogP contribution in [0.15, 0.2) is 0 Å². The predicted octanol–water partition coefficient (Wildman–Crippen LogP) is 3.85. The molecule has 0 radical (unpaired) electrons. The first-order valence-corrected chi connectivity index (χ1v) is 7.79. The number of fused-ring (bicyclic) bond motifs is 2. The van der Waals surface area contributed by atoms with Crippen molar-refractivity contribution in [2.24, 2.45) is 29.1 Å². The molecule has 2 heteroatoms. The Kier molecular flexibility index (Phi) is 3.44. The van der Waals surface area contributed by atoms with Crippen molar-refractivity contribution < 1.29 is 9.47 Å². The highest BCUT2D eigenvalue weighted by Crippen LogP contribution is 2.51. The molecule has 0 aromatic rings. The van der Waals surface area contributed by atoms with Crippen LogP contribution in [-0.2, 0) is 9.47 Å². The van der Waals surface area contributed by atoms with Gasteiger partial charge in [0.25, 0.3) is 0 Å². The predicted molar refractivity (Wildman–Crippen MR) is 72.2 cm³/mol. The topological polar surface area (TPSA) is 18.5 Å². The summed E-state index contributed by atoms with van der Waals surface area (Å²) in [5, 5.41) is 0. The minimum absolute atomic E-state index is 0.112. The molecule has 0 aromatic carbocycles. The van der Waals surface area contributed by atoms with Crippen molar-refractivity contribution in [3.05, 3.63) is 0 Å². The summed E-state index contributed by atoms with van der Waals surface area (Å²) in [6.07, 6.45) is 6.99. The molecule has 3 aliphatic rings. The highest BCUT2D eigenvalue weighted by atomic mass is 16.7. The zero-order chi connectivity index (χ0) is 12.8. The van der Waals surface area contributed by atoms with Gasteiger partial charge in [0.1, 0.15) is 0 Å². The molecule has 1 aliphatic heterocycles. The highest BCUT2D eigenvalue weighted by Gasteiger charge is 2.46. The Morgan fingerprint density at radius 3 is 2.33 bits per heavy atom. The molecule has 1 saturated heterocycles. The lowest BCUT2D eigenvalue weighted by Gasteiger charge is -2.42. The molecule has 0 amide bonds. The van der Waals surface area contributed by atoms with Crippen molar-refractivity contribution >= 4 is 0 Å². The maximum absolute atomic E-state index is 6.11. The Hall–Kier alpha value is -0.0800. The van der Waals surface area contributed by atoms with Gasteiger partial charge in [-0.1, -0.05) is 27.2 Å². The normalized spacial score (nSPS) is 48.0. The van der Waals surface area contributed by atoms with E-state index in [-0.39, 0.29) is 11.7 Å². The van der Waals surface area contributed by atoms with Crippen molar-refractivity contribution in [3.63, 3.8) is 0 Å². The van der Waals surface area contributed by atoms with Crippen LogP contribution in [-0.4, -0.2) is 19.5 Å². The van der Waals surface area contributed by atoms with Crippen molar-refractivity contribution in [1.29, 1.82) is 0 Å². The smallest absolute Gasteiger partial charge is 0.160 e. The number of hydrogen-bond donors (Lipinski definition) is 0. The van der Waals surface area contributed by atoms with Gasteiger partial charge in [0.2, 0.25) is 0 Å². The summed E-state index contributed by atoms with van der Waals surface area (Å²) in [4.78, 5) is 0. The Morgan fingerprint density at radius 2 is 1.83 bits per heavy atom. The lowest BCUT2D eigenvalue weighted by Crippen LogP contribution is -2.44. The average molecular weight is 252 g/mol.